The summed E-state index contributed by atoms with van der Waals surface area (Å²) in [5, 5.41) is 11.2. The minimum atomic E-state index is -2.85. The minimum absolute atomic E-state index is 0.206. The number of tetrazole rings is 1. The second-order valence-corrected chi connectivity index (χ2v) is 7.56. The zero-order valence-electron chi connectivity index (χ0n) is 16.1. The Morgan fingerprint density at radius 2 is 1.75 bits per heavy atom. The molecule has 0 bridgehead atoms. The molecule has 1 amide bonds. The van der Waals surface area contributed by atoms with Crippen LogP contribution in [0, 0.1) is 0 Å². The highest BCUT2D eigenvalue weighted by molar-refractivity contribution is 5.68. The molecule has 0 radical (unpaired) electrons. The highest BCUT2D eigenvalue weighted by atomic mass is 19.3. The van der Waals surface area contributed by atoms with Gasteiger partial charge in [-0.2, -0.15) is 8.78 Å². The average molecular weight is 394 g/mol. The molecule has 0 spiro atoms. The molecule has 3 rings (SSSR count). The Morgan fingerprint density at radius 3 is 2.29 bits per heavy atom. The van der Waals surface area contributed by atoms with Gasteiger partial charge in [0.05, 0.1) is 6.04 Å². The number of hydrogen-bond donors (Lipinski definition) is 0. The molecule has 1 aromatic heterocycles. The van der Waals surface area contributed by atoms with Gasteiger partial charge in [-0.15, -0.1) is 10.2 Å². The Morgan fingerprint density at radius 1 is 1.11 bits per heavy atom. The van der Waals surface area contributed by atoms with Gasteiger partial charge in [0.25, 0.3) is 0 Å². The molecule has 2 heterocycles. The molecule has 0 aliphatic carbocycles. The first-order valence-corrected chi connectivity index (χ1v) is 9.09. The highest BCUT2D eigenvalue weighted by Gasteiger charge is 2.32. The van der Waals surface area contributed by atoms with E-state index >= 15 is 0 Å². The van der Waals surface area contributed by atoms with Crippen molar-refractivity contribution in [3.05, 3.63) is 41.7 Å². The number of carbonyl (C=O) groups is 1. The molecule has 1 aromatic carbocycles. The minimum Gasteiger partial charge on any atom is -0.444 e. The molecule has 152 valence electrons. The number of alkyl halides is 2. The summed E-state index contributed by atoms with van der Waals surface area (Å²) in [5.74, 6) is 0.206. The molecule has 2 aromatic rings. The quantitative estimate of drug-likeness (QED) is 0.794. The fourth-order valence-corrected chi connectivity index (χ4v) is 3.08. The van der Waals surface area contributed by atoms with Gasteiger partial charge < -0.3 is 9.64 Å². The Balaban J connectivity index is 1.76. The fraction of sp³-hybridized carbons (Fsp3) is 0.556. The van der Waals surface area contributed by atoms with E-state index in [-0.39, 0.29) is 11.9 Å². The second kappa shape index (κ2) is 8.17. The van der Waals surface area contributed by atoms with Crippen molar-refractivity contribution in [3.63, 3.8) is 0 Å². The van der Waals surface area contributed by atoms with Crippen molar-refractivity contribution >= 4 is 6.09 Å². The van der Waals surface area contributed by atoms with Crippen LogP contribution in [0.3, 0.4) is 0 Å². The van der Waals surface area contributed by atoms with E-state index in [1.807, 2.05) is 51.1 Å². The molecule has 8 nitrogen and oxygen atoms in total. The van der Waals surface area contributed by atoms with E-state index in [1.165, 1.54) is 0 Å². The van der Waals surface area contributed by atoms with Crippen molar-refractivity contribution in [1.29, 1.82) is 0 Å². The lowest BCUT2D eigenvalue weighted by Crippen LogP contribution is -2.51. The largest absolute Gasteiger partial charge is 0.444 e. The van der Waals surface area contributed by atoms with Crippen molar-refractivity contribution in [2.24, 2.45) is 0 Å². The summed E-state index contributed by atoms with van der Waals surface area (Å²) >= 11 is 0. The first kappa shape index (κ1) is 20.1. The summed E-state index contributed by atoms with van der Waals surface area (Å²) in [4.78, 5) is 16.3. The van der Waals surface area contributed by atoms with E-state index in [9.17, 15) is 13.6 Å². The van der Waals surface area contributed by atoms with Gasteiger partial charge in [-0.3, -0.25) is 4.90 Å². The van der Waals surface area contributed by atoms with Crippen LogP contribution in [0.4, 0.5) is 13.6 Å². The number of hydrogen-bond acceptors (Lipinski definition) is 6. The third kappa shape index (κ3) is 4.80. The Labute approximate surface area is 162 Å². The normalized spacial score (nSPS) is 17.0. The van der Waals surface area contributed by atoms with E-state index in [0.717, 1.165) is 5.56 Å². The van der Waals surface area contributed by atoms with E-state index in [1.54, 1.807) is 4.90 Å². The van der Waals surface area contributed by atoms with Gasteiger partial charge in [-0.25, -0.2) is 4.79 Å². The smallest absolute Gasteiger partial charge is 0.410 e. The lowest BCUT2D eigenvalue weighted by atomic mass is 10.0. The van der Waals surface area contributed by atoms with Crippen molar-refractivity contribution in [2.45, 2.75) is 39.0 Å². The number of amides is 1. The van der Waals surface area contributed by atoms with E-state index < -0.39 is 18.2 Å². The van der Waals surface area contributed by atoms with Gasteiger partial charge in [-0.1, -0.05) is 35.1 Å². The van der Waals surface area contributed by atoms with Crippen LogP contribution in [0.15, 0.2) is 30.3 Å². The third-order valence-corrected chi connectivity index (χ3v) is 4.31. The fourth-order valence-electron chi connectivity index (χ4n) is 3.08. The highest BCUT2D eigenvalue weighted by Crippen LogP contribution is 2.27. The van der Waals surface area contributed by atoms with Crippen LogP contribution in [0.2, 0.25) is 0 Å². The summed E-state index contributed by atoms with van der Waals surface area (Å²) in [6.45, 7) is 4.61. The van der Waals surface area contributed by atoms with Crippen LogP contribution in [0.5, 0.6) is 0 Å². The maximum absolute atomic E-state index is 12.9. The van der Waals surface area contributed by atoms with Gasteiger partial charge in [0.2, 0.25) is 0 Å². The molecule has 1 unspecified atom stereocenters. The number of halogens is 2. The standard InChI is InChI=1S/C18H24F2N6O2/c1-18(2,3)28-17(27)25-11-9-24(10-12-25)14(13-7-5-4-6-8-13)15-21-23-26(22-15)16(19)20/h4-8,14,16H,9-12H2,1-3H3. The van der Waals surface area contributed by atoms with Gasteiger partial charge in [0.15, 0.2) is 5.82 Å². The SMILES string of the molecule is CC(C)(C)OC(=O)N1CCN(C(c2ccccc2)c2nnn(C(F)F)n2)CC1. The molecule has 10 heteroatoms. The molecule has 1 saturated heterocycles. The van der Waals surface area contributed by atoms with Crippen molar-refractivity contribution < 1.29 is 18.3 Å². The predicted molar refractivity (Wildman–Crippen MR) is 96.7 cm³/mol. The number of nitrogens with zero attached hydrogens (tertiary/aromatic N) is 6. The summed E-state index contributed by atoms with van der Waals surface area (Å²) in [7, 11) is 0. The van der Waals surface area contributed by atoms with Crippen LogP contribution in [0.1, 0.15) is 44.8 Å². The van der Waals surface area contributed by atoms with E-state index in [2.05, 4.69) is 20.3 Å². The van der Waals surface area contributed by atoms with E-state index in [4.69, 9.17) is 4.74 Å². The van der Waals surface area contributed by atoms with Crippen LogP contribution >= 0.6 is 0 Å². The number of aromatic nitrogens is 4. The molecule has 1 atom stereocenters. The molecular formula is C18H24F2N6O2. The van der Waals surface area contributed by atoms with Crippen molar-refractivity contribution in [2.75, 3.05) is 26.2 Å². The molecule has 28 heavy (non-hydrogen) atoms. The lowest BCUT2D eigenvalue weighted by molar-refractivity contribution is 0.0113. The molecule has 0 saturated carbocycles. The summed E-state index contributed by atoms with van der Waals surface area (Å²) in [6, 6.07) is 8.99. The van der Waals surface area contributed by atoms with Gasteiger partial charge >= 0.3 is 12.6 Å². The van der Waals surface area contributed by atoms with Crippen LogP contribution in [-0.2, 0) is 4.74 Å². The number of ether oxygens (including phenoxy) is 1. The Hall–Kier alpha value is -2.62. The second-order valence-electron chi connectivity index (χ2n) is 7.56. The maximum Gasteiger partial charge on any atom is 0.410 e. The summed E-state index contributed by atoms with van der Waals surface area (Å²) in [5.41, 5.74) is 0.320. The van der Waals surface area contributed by atoms with E-state index in [0.29, 0.717) is 31.0 Å². The summed E-state index contributed by atoms with van der Waals surface area (Å²) in [6.07, 6.45) is -0.356. The topological polar surface area (TPSA) is 76.4 Å². The third-order valence-electron chi connectivity index (χ3n) is 4.31. The van der Waals surface area contributed by atoms with Crippen LogP contribution in [-0.4, -0.2) is 67.9 Å². The average Bonchev–Trinajstić information content (AvgIpc) is 3.12. The molecule has 0 N–H and O–H groups in total. The lowest BCUT2D eigenvalue weighted by Gasteiger charge is -2.38. The number of carbonyl (C=O) groups excluding carboxylic acids is 1. The monoisotopic (exact) mass is 394 g/mol. The van der Waals surface area contributed by atoms with Crippen molar-refractivity contribution in [1.82, 2.24) is 30.0 Å². The zero-order chi connectivity index (χ0) is 20.3. The van der Waals surface area contributed by atoms with Crippen LogP contribution in [0.25, 0.3) is 0 Å². The van der Waals surface area contributed by atoms with Crippen LogP contribution < -0.4 is 0 Å². The first-order chi connectivity index (χ1) is 13.2. The molecule has 1 aliphatic rings. The first-order valence-electron chi connectivity index (χ1n) is 9.09. The maximum atomic E-state index is 12.9. The molecule has 1 aliphatic heterocycles. The van der Waals surface area contributed by atoms with Gasteiger partial charge in [0.1, 0.15) is 5.60 Å². The number of benzene rings is 1. The predicted octanol–water partition coefficient (Wildman–Crippen LogP) is 2.71. The zero-order valence-corrected chi connectivity index (χ0v) is 16.1. The van der Waals surface area contributed by atoms with Gasteiger partial charge in [-0.05, 0) is 31.5 Å². The summed E-state index contributed by atoms with van der Waals surface area (Å²) < 4.78 is 31.2. The number of piperazine rings is 1. The Kier molecular flexibility index (Phi) is 5.87. The van der Waals surface area contributed by atoms with Crippen molar-refractivity contribution in [3.8, 4) is 0 Å². The molecule has 1 fully saturated rings. The Bertz CT molecular complexity index is 785. The number of rotatable bonds is 4. The molecular weight excluding hydrogens is 370 g/mol. The van der Waals surface area contributed by atoms with Gasteiger partial charge in [0, 0.05) is 26.2 Å².